The van der Waals surface area contributed by atoms with E-state index in [4.69, 9.17) is 11.6 Å². The Bertz CT molecular complexity index is 1690. The lowest BCUT2D eigenvalue weighted by Gasteiger charge is -2.34. The lowest BCUT2D eigenvalue weighted by atomic mass is 10.0. The summed E-state index contributed by atoms with van der Waals surface area (Å²) in [6, 6.07) is 27.6. The minimum absolute atomic E-state index is 0.0441. The lowest BCUT2D eigenvalue weighted by molar-refractivity contribution is -0.139. The fourth-order valence-electron chi connectivity index (χ4n) is 4.93. The molecule has 4 aromatic rings. The molecular weight excluding hydrogens is 582 g/mol. The molecule has 224 valence electrons. The molecule has 0 radical (unpaired) electrons. The molecular formula is C34H36ClN3O4S. The first-order valence-corrected chi connectivity index (χ1v) is 15.8. The number of nitrogens with zero attached hydrogens (tertiary/aromatic N) is 2. The molecule has 0 aliphatic heterocycles. The summed E-state index contributed by atoms with van der Waals surface area (Å²) >= 11 is 6.33. The number of aryl methyl sites for hydroxylation is 3. The highest BCUT2D eigenvalue weighted by molar-refractivity contribution is 7.92. The van der Waals surface area contributed by atoms with Gasteiger partial charge in [-0.15, -0.1) is 0 Å². The Morgan fingerprint density at radius 1 is 0.814 bits per heavy atom. The summed E-state index contributed by atoms with van der Waals surface area (Å²) in [6.07, 6.45) is 0.249. The molecule has 0 aromatic heterocycles. The number of hydrogen-bond donors (Lipinski definition) is 1. The SMILES string of the molecule is CNC(=O)C(Cc1ccccc1)N(Cc1cccc(C)c1)C(=O)CN(c1cc(Cl)ccc1C)S(=O)(=O)c1ccc(C)cc1. The van der Waals surface area contributed by atoms with Gasteiger partial charge in [-0.3, -0.25) is 13.9 Å². The van der Waals surface area contributed by atoms with Crippen molar-refractivity contribution in [3.05, 3.63) is 130 Å². The van der Waals surface area contributed by atoms with Gasteiger partial charge in [-0.1, -0.05) is 95.5 Å². The average molecular weight is 618 g/mol. The van der Waals surface area contributed by atoms with E-state index in [0.717, 1.165) is 26.6 Å². The molecule has 0 fully saturated rings. The molecule has 0 saturated heterocycles. The van der Waals surface area contributed by atoms with E-state index in [-0.39, 0.29) is 29.5 Å². The van der Waals surface area contributed by atoms with Crippen molar-refractivity contribution in [3.63, 3.8) is 0 Å². The number of carbonyl (C=O) groups is 2. The minimum Gasteiger partial charge on any atom is -0.357 e. The van der Waals surface area contributed by atoms with E-state index in [1.165, 1.54) is 24.1 Å². The van der Waals surface area contributed by atoms with Gasteiger partial charge in [0.1, 0.15) is 12.6 Å². The average Bonchev–Trinajstić information content (AvgIpc) is 2.99. The predicted molar refractivity (Wildman–Crippen MR) is 172 cm³/mol. The van der Waals surface area contributed by atoms with E-state index in [1.54, 1.807) is 37.3 Å². The number of anilines is 1. The third kappa shape index (κ3) is 7.83. The van der Waals surface area contributed by atoms with Crippen LogP contribution in [-0.2, 0) is 32.6 Å². The van der Waals surface area contributed by atoms with Gasteiger partial charge in [0.15, 0.2) is 0 Å². The minimum atomic E-state index is -4.20. The number of hydrogen-bond acceptors (Lipinski definition) is 4. The van der Waals surface area contributed by atoms with E-state index in [2.05, 4.69) is 5.32 Å². The highest BCUT2D eigenvalue weighted by atomic mass is 35.5. The van der Waals surface area contributed by atoms with Crippen molar-refractivity contribution in [2.45, 2.75) is 44.7 Å². The summed E-state index contributed by atoms with van der Waals surface area (Å²) in [6.45, 7) is 5.16. The number of amides is 2. The first-order chi connectivity index (χ1) is 20.5. The summed E-state index contributed by atoms with van der Waals surface area (Å²) in [7, 11) is -2.68. The molecule has 0 aliphatic rings. The van der Waals surface area contributed by atoms with Crippen LogP contribution in [0.15, 0.2) is 102 Å². The molecule has 0 saturated carbocycles. The number of likely N-dealkylation sites (N-methyl/N-ethyl adjacent to an activating group) is 1. The Balaban J connectivity index is 1.82. The van der Waals surface area contributed by atoms with Crippen LogP contribution in [0.1, 0.15) is 27.8 Å². The van der Waals surface area contributed by atoms with Crippen molar-refractivity contribution in [3.8, 4) is 0 Å². The van der Waals surface area contributed by atoms with Gasteiger partial charge in [-0.25, -0.2) is 8.42 Å². The molecule has 43 heavy (non-hydrogen) atoms. The third-order valence-electron chi connectivity index (χ3n) is 7.28. The van der Waals surface area contributed by atoms with Crippen LogP contribution in [0.25, 0.3) is 0 Å². The molecule has 0 aliphatic carbocycles. The zero-order valence-corrected chi connectivity index (χ0v) is 26.3. The number of halogens is 1. The molecule has 4 aromatic carbocycles. The second kappa shape index (κ2) is 13.9. The van der Waals surface area contributed by atoms with Crippen LogP contribution in [0.4, 0.5) is 5.69 Å². The third-order valence-corrected chi connectivity index (χ3v) is 9.29. The molecule has 4 rings (SSSR count). The summed E-state index contributed by atoms with van der Waals surface area (Å²) in [5, 5.41) is 3.03. The molecule has 0 bridgehead atoms. The van der Waals surface area contributed by atoms with Crippen molar-refractivity contribution in [1.29, 1.82) is 0 Å². The van der Waals surface area contributed by atoms with Crippen LogP contribution in [-0.4, -0.2) is 44.8 Å². The maximum Gasteiger partial charge on any atom is 0.264 e. The number of nitrogens with one attached hydrogen (secondary N) is 1. The molecule has 0 heterocycles. The van der Waals surface area contributed by atoms with E-state index in [0.29, 0.717) is 10.6 Å². The van der Waals surface area contributed by atoms with Crippen LogP contribution in [0, 0.1) is 20.8 Å². The van der Waals surface area contributed by atoms with Gasteiger partial charge in [-0.05, 0) is 61.7 Å². The van der Waals surface area contributed by atoms with Gasteiger partial charge in [0.2, 0.25) is 11.8 Å². The number of rotatable bonds is 11. The zero-order valence-electron chi connectivity index (χ0n) is 24.7. The maximum absolute atomic E-state index is 14.4. The fraction of sp³-hybridized carbons (Fsp3) is 0.235. The van der Waals surface area contributed by atoms with Crippen molar-refractivity contribution in [2.75, 3.05) is 17.9 Å². The Kier molecular flexibility index (Phi) is 10.3. The Hall–Kier alpha value is -4.14. The summed E-state index contributed by atoms with van der Waals surface area (Å²) in [5.41, 5.74) is 4.51. The molecule has 2 amide bonds. The second-order valence-corrected chi connectivity index (χ2v) is 12.9. The summed E-state index contributed by atoms with van der Waals surface area (Å²) < 4.78 is 29.4. The Morgan fingerprint density at radius 3 is 2.14 bits per heavy atom. The predicted octanol–water partition coefficient (Wildman–Crippen LogP) is 5.85. The van der Waals surface area contributed by atoms with Gasteiger partial charge >= 0.3 is 0 Å². The van der Waals surface area contributed by atoms with E-state index in [9.17, 15) is 18.0 Å². The van der Waals surface area contributed by atoms with Crippen LogP contribution >= 0.6 is 11.6 Å². The normalized spacial score (nSPS) is 11.9. The van der Waals surface area contributed by atoms with Crippen molar-refractivity contribution >= 4 is 39.1 Å². The maximum atomic E-state index is 14.4. The summed E-state index contributed by atoms with van der Waals surface area (Å²) in [5.74, 6) is -0.877. The van der Waals surface area contributed by atoms with E-state index >= 15 is 0 Å². The molecule has 0 spiro atoms. The van der Waals surface area contributed by atoms with Gasteiger partial charge in [-0.2, -0.15) is 0 Å². The van der Waals surface area contributed by atoms with E-state index in [1.807, 2.05) is 68.4 Å². The highest BCUT2D eigenvalue weighted by Crippen LogP contribution is 2.30. The van der Waals surface area contributed by atoms with Crippen LogP contribution in [0.2, 0.25) is 5.02 Å². The number of benzene rings is 4. The molecule has 1 unspecified atom stereocenters. The van der Waals surface area contributed by atoms with Crippen LogP contribution in [0.5, 0.6) is 0 Å². The quantitative estimate of drug-likeness (QED) is 0.229. The Morgan fingerprint density at radius 2 is 1.49 bits per heavy atom. The van der Waals surface area contributed by atoms with Crippen LogP contribution < -0.4 is 9.62 Å². The Labute approximate surface area is 259 Å². The topological polar surface area (TPSA) is 86.8 Å². The van der Waals surface area contributed by atoms with Crippen LogP contribution in [0.3, 0.4) is 0 Å². The van der Waals surface area contributed by atoms with Crippen molar-refractivity contribution < 1.29 is 18.0 Å². The lowest BCUT2D eigenvalue weighted by Crippen LogP contribution is -2.53. The number of carbonyl (C=O) groups excluding carboxylic acids is 2. The molecule has 1 atom stereocenters. The van der Waals surface area contributed by atoms with Gasteiger partial charge in [0, 0.05) is 25.0 Å². The standard InChI is InChI=1S/C34H36ClN3O4S/c1-24-13-17-30(18-14-24)43(41,42)38(31-21-29(35)16-15-26(31)3)23-33(39)37(22-28-12-8-9-25(2)19-28)32(34(40)36-4)20-27-10-6-5-7-11-27/h5-19,21,32H,20,22-23H2,1-4H3,(H,36,40). The first kappa shape index (κ1) is 31.8. The molecule has 1 N–H and O–H groups in total. The largest absolute Gasteiger partial charge is 0.357 e. The molecule has 7 nitrogen and oxygen atoms in total. The monoisotopic (exact) mass is 617 g/mol. The van der Waals surface area contributed by atoms with Gasteiger partial charge in [0.05, 0.1) is 10.6 Å². The zero-order chi connectivity index (χ0) is 31.1. The summed E-state index contributed by atoms with van der Waals surface area (Å²) in [4.78, 5) is 29.3. The first-order valence-electron chi connectivity index (χ1n) is 14.0. The van der Waals surface area contributed by atoms with E-state index < -0.39 is 28.5 Å². The smallest absolute Gasteiger partial charge is 0.264 e. The van der Waals surface area contributed by atoms with Crippen molar-refractivity contribution in [1.82, 2.24) is 10.2 Å². The van der Waals surface area contributed by atoms with Gasteiger partial charge in [0.25, 0.3) is 10.0 Å². The fourth-order valence-corrected chi connectivity index (χ4v) is 6.57. The molecule has 9 heteroatoms. The number of sulfonamides is 1. The second-order valence-electron chi connectivity index (χ2n) is 10.6. The van der Waals surface area contributed by atoms with Crippen molar-refractivity contribution in [2.24, 2.45) is 0 Å². The highest BCUT2D eigenvalue weighted by Gasteiger charge is 2.35. The van der Waals surface area contributed by atoms with Gasteiger partial charge < -0.3 is 10.2 Å².